The normalized spacial score (nSPS) is 12.9. The van der Waals surface area contributed by atoms with Gasteiger partial charge in [-0.2, -0.15) is 0 Å². The first-order valence-electron chi connectivity index (χ1n) is 6.41. The van der Waals surface area contributed by atoms with Gasteiger partial charge in [-0.15, -0.1) is 10.2 Å². The van der Waals surface area contributed by atoms with Gasteiger partial charge in [-0.25, -0.2) is 4.79 Å². The molecule has 0 amide bonds. The minimum absolute atomic E-state index is 0.148. The molecule has 2 aromatic heterocycles. The van der Waals surface area contributed by atoms with Crippen molar-refractivity contribution in [2.75, 3.05) is 0 Å². The van der Waals surface area contributed by atoms with E-state index in [4.69, 9.17) is 0 Å². The van der Waals surface area contributed by atoms with Gasteiger partial charge in [-0.3, -0.25) is 0 Å². The monoisotopic (exact) mass is 272 g/mol. The maximum atomic E-state index is 11.2. The molecule has 0 aliphatic carbocycles. The summed E-state index contributed by atoms with van der Waals surface area (Å²) in [6.45, 7) is 2.71. The average Bonchev–Trinajstić information content (AvgIpc) is 2.99. The Bertz CT molecular complexity index is 783. The highest BCUT2D eigenvalue weighted by molar-refractivity contribution is 5.75. The summed E-state index contributed by atoms with van der Waals surface area (Å²) in [5.74, 6) is 0.882. The second-order valence-corrected chi connectivity index (χ2v) is 4.84. The molecule has 3 rings (SSSR count). The third-order valence-electron chi connectivity index (χ3n) is 3.41. The third kappa shape index (κ3) is 2.35. The summed E-state index contributed by atoms with van der Waals surface area (Å²) >= 11 is 0. The van der Waals surface area contributed by atoms with Gasteiger partial charge in [0.15, 0.2) is 0 Å². The summed E-state index contributed by atoms with van der Waals surface area (Å²) in [5.41, 5.74) is 2.56. The first-order valence-corrected chi connectivity index (χ1v) is 6.41. The molecule has 104 valence electrons. The van der Waals surface area contributed by atoms with Crippen molar-refractivity contribution in [3.05, 3.63) is 46.4 Å². The molecule has 3 N–H and O–H groups in total. The summed E-state index contributed by atoms with van der Waals surface area (Å²) in [6, 6.07) is 6.03. The Hall–Kier alpha value is -2.41. The molecular formula is C13H16N6O. The van der Waals surface area contributed by atoms with Crippen molar-refractivity contribution >= 4 is 11.0 Å². The van der Waals surface area contributed by atoms with Crippen molar-refractivity contribution in [3.8, 4) is 0 Å². The van der Waals surface area contributed by atoms with E-state index in [0.717, 1.165) is 22.4 Å². The van der Waals surface area contributed by atoms with Crippen molar-refractivity contribution in [1.82, 2.24) is 30.0 Å². The smallest absolute Gasteiger partial charge is 0.320 e. The number of aromatic amines is 2. The molecule has 3 aromatic rings. The number of hydrogen-bond acceptors (Lipinski definition) is 4. The summed E-state index contributed by atoms with van der Waals surface area (Å²) < 4.78 is 1.88. The predicted octanol–water partition coefficient (Wildman–Crippen LogP) is 0.835. The number of hydrogen-bond donors (Lipinski definition) is 3. The number of aryl methyl sites for hydroxylation is 1. The summed E-state index contributed by atoms with van der Waals surface area (Å²) in [5, 5.41) is 11.3. The van der Waals surface area contributed by atoms with Crippen LogP contribution < -0.4 is 11.0 Å². The zero-order chi connectivity index (χ0) is 14.1. The largest absolute Gasteiger partial charge is 0.323 e. The number of nitrogens with one attached hydrogen (secondary N) is 3. The van der Waals surface area contributed by atoms with Crippen LogP contribution in [0.4, 0.5) is 0 Å². The molecule has 0 bridgehead atoms. The summed E-state index contributed by atoms with van der Waals surface area (Å²) in [7, 11) is 1.91. The number of benzene rings is 1. The lowest BCUT2D eigenvalue weighted by Crippen LogP contribution is -2.20. The minimum atomic E-state index is -0.183. The van der Waals surface area contributed by atoms with E-state index in [9.17, 15) is 4.79 Å². The van der Waals surface area contributed by atoms with Gasteiger partial charge in [0.2, 0.25) is 0 Å². The Morgan fingerprint density at radius 1 is 1.35 bits per heavy atom. The van der Waals surface area contributed by atoms with Crippen molar-refractivity contribution < 1.29 is 0 Å². The van der Waals surface area contributed by atoms with Crippen LogP contribution in [0.5, 0.6) is 0 Å². The Balaban J connectivity index is 1.76. The highest BCUT2D eigenvalue weighted by atomic mass is 16.1. The SMILES string of the molecule is CC(NCc1nncn1C)c1ccc2[nH]c(=O)[nH]c2c1. The maximum absolute atomic E-state index is 11.2. The van der Waals surface area contributed by atoms with E-state index in [2.05, 4.69) is 32.4 Å². The Labute approximate surface area is 115 Å². The standard InChI is InChI=1S/C13H16N6O/c1-8(14-6-12-18-15-7-19(12)2)9-3-4-10-11(5-9)17-13(20)16-10/h3-5,7-8,14H,6H2,1-2H3,(H2,16,17,20). The van der Waals surface area contributed by atoms with Gasteiger partial charge in [-0.1, -0.05) is 6.07 Å². The number of imidazole rings is 1. The third-order valence-corrected chi connectivity index (χ3v) is 3.41. The lowest BCUT2D eigenvalue weighted by atomic mass is 10.1. The summed E-state index contributed by atoms with van der Waals surface area (Å²) in [6.07, 6.45) is 1.68. The highest BCUT2D eigenvalue weighted by Crippen LogP contribution is 2.17. The van der Waals surface area contributed by atoms with Crippen LogP contribution in [0.25, 0.3) is 11.0 Å². The van der Waals surface area contributed by atoms with E-state index < -0.39 is 0 Å². The second-order valence-electron chi connectivity index (χ2n) is 4.84. The van der Waals surface area contributed by atoms with Crippen molar-refractivity contribution in [2.24, 2.45) is 7.05 Å². The van der Waals surface area contributed by atoms with Gasteiger partial charge in [0.25, 0.3) is 0 Å². The number of aromatic nitrogens is 5. The molecule has 7 nitrogen and oxygen atoms in total. The molecule has 0 saturated heterocycles. The first kappa shape index (κ1) is 12.6. The molecule has 0 aliphatic rings. The number of H-pyrrole nitrogens is 2. The Morgan fingerprint density at radius 2 is 2.15 bits per heavy atom. The van der Waals surface area contributed by atoms with Crippen LogP contribution in [0.2, 0.25) is 0 Å². The fourth-order valence-electron chi connectivity index (χ4n) is 2.15. The fraction of sp³-hybridized carbons (Fsp3) is 0.308. The average molecular weight is 272 g/mol. The molecule has 20 heavy (non-hydrogen) atoms. The Morgan fingerprint density at radius 3 is 2.90 bits per heavy atom. The topological polar surface area (TPSA) is 91.4 Å². The fourth-order valence-corrected chi connectivity index (χ4v) is 2.15. The lowest BCUT2D eigenvalue weighted by Gasteiger charge is -2.13. The summed E-state index contributed by atoms with van der Waals surface area (Å²) in [4.78, 5) is 16.7. The zero-order valence-electron chi connectivity index (χ0n) is 11.3. The number of rotatable bonds is 4. The molecule has 0 spiro atoms. The van der Waals surface area contributed by atoms with Crippen LogP contribution in [-0.2, 0) is 13.6 Å². The van der Waals surface area contributed by atoms with Gasteiger partial charge in [-0.05, 0) is 24.6 Å². The molecule has 2 heterocycles. The maximum Gasteiger partial charge on any atom is 0.323 e. The molecule has 0 aliphatic heterocycles. The number of fused-ring (bicyclic) bond motifs is 1. The van der Waals surface area contributed by atoms with E-state index in [1.165, 1.54) is 0 Å². The quantitative estimate of drug-likeness (QED) is 0.656. The van der Waals surface area contributed by atoms with Crippen LogP contribution in [0.1, 0.15) is 24.4 Å². The second kappa shape index (κ2) is 4.93. The van der Waals surface area contributed by atoms with Gasteiger partial charge in [0.05, 0.1) is 17.6 Å². The molecule has 0 radical (unpaired) electrons. The van der Waals surface area contributed by atoms with Gasteiger partial charge >= 0.3 is 5.69 Å². The predicted molar refractivity (Wildman–Crippen MR) is 75.2 cm³/mol. The first-order chi connectivity index (χ1) is 9.63. The molecule has 1 unspecified atom stereocenters. The van der Waals surface area contributed by atoms with Crippen LogP contribution in [-0.4, -0.2) is 24.7 Å². The molecule has 0 saturated carbocycles. The van der Waals surface area contributed by atoms with Crippen LogP contribution in [0, 0.1) is 0 Å². The lowest BCUT2D eigenvalue weighted by molar-refractivity contribution is 0.548. The molecule has 1 aromatic carbocycles. The van der Waals surface area contributed by atoms with Gasteiger partial charge in [0.1, 0.15) is 12.2 Å². The molecule has 7 heteroatoms. The van der Waals surface area contributed by atoms with E-state index in [1.807, 2.05) is 29.8 Å². The van der Waals surface area contributed by atoms with Crippen molar-refractivity contribution in [3.63, 3.8) is 0 Å². The van der Waals surface area contributed by atoms with E-state index in [-0.39, 0.29) is 11.7 Å². The van der Waals surface area contributed by atoms with Crippen molar-refractivity contribution in [1.29, 1.82) is 0 Å². The molecule has 0 fully saturated rings. The molecular weight excluding hydrogens is 256 g/mol. The van der Waals surface area contributed by atoms with Crippen LogP contribution in [0.15, 0.2) is 29.3 Å². The van der Waals surface area contributed by atoms with Crippen molar-refractivity contribution in [2.45, 2.75) is 19.5 Å². The Kier molecular flexibility index (Phi) is 3.11. The van der Waals surface area contributed by atoms with E-state index in [0.29, 0.717) is 6.54 Å². The van der Waals surface area contributed by atoms with Crippen LogP contribution in [0.3, 0.4) is 0 Å². The number of nitrogens with zero attached hydrogens (tertiary/aromatic N) is 3. The minimum Gasteiger partial charge on any atom is -0.320 e. The zero-order valence-corrected chi connectivity index (χ0v) is 11.3. The van der Waals surface area contributed by atoms with E-state index in [1.54, 1.807) is 6.33 Å². The molecule has 1 atom stereocenters. The van der Waals surface area contributed by atoms with Gasteiger partial charge in [0, 0.05) is 13.1 Å². The highest BCUT2D eigenvalue weighted by Gasteiger charge is 2.08. The van der Waals surface area contributed by atoms with E-state index >= 15 is 0 Å². The van der Waals surface area contributed by atoms with Gasteiger partial charge < -0.3 is 19.9 Å². The van der Waals surface area contributed by atoms with Crippen LogP contribution >= 0.6 is 0 Å².